The summed E-state index contributed by atoms with van der Waals surface area (Å²) in [5.41, 5.74) is 3.03. The summed E-state index contributed by atoms with van der Waals surface area (Å²) in [5, 5.41) is 31.4. The van der Waals surface area contributed by atoms with Gasteiger partial charge < -0.3 is 20.4 Å². The van der Waals surface area contributed by atoms with E-state index < -0.39 is 17.6 Å². The van der Waals surface area contributed by atoms with Gasteiger partial charge >= 0.3 is 5.97 Å². The Bertz CT molecular complexity index is 1570. The monoisotopic (exact) mass is 538 g/mol. The van der Waals surface area contributed by atoms with Crippen LogP contribution in [0.25, 0.3) is 22.6 Å². The number of carbonyl (C=O) groups is 1. The van der Waals surface area contributed by atoms with Crippen molar-refractivity contribution in [2.24, 2.45) is 0 Å². The highest BCUT2D eigenvalue weighted by Crippen LogP contribution is 2.26. The maximum Gasteiger partial charge on any atom is 0.326 e. The van der Waals surface area contributed by atoms with Crippen molar-refractivity contribution in [3.05, 3.63) is 66.0 Å². The molecule has 0 spiro atoms. The fourth-order valence-corrected chi connectivity index (χ4v) is 4.54. The van der Waals surface area contributed by atoms with E-state index in [1.54, 1.807) is 24.7 Å². The van der Waals surface area contributed by atoms with Gasteiger partial charge in [0, 0.05) is 24.2 Å². The van der Waals surface area contributed by atoms with Crippen molar-refractivity contribution in [1.29, 1.82) is 0 Å². The quantitative estimate of drug-likeness (QED) is 0.272. The number of nitrogens with zero attached hydrogens (tertiary/aromatic N) is 7. The van der Waals surface area contributed by atoms with Crippen LogP contribution in [0, 0.1) is 12.3 Å². The van der Waals surface area contributed by atoms with Crippen LogP contribution >= 0.6 is 0 Å². The van der Waals surface area contributed by atoms with Crippen molar-refractivity contribution in [3.63, 3.8) is 0 Å². The number of aliphatic carboxylic acids is 1. The van der Waals surface area contributed by atoms with Crippen LogP contribution in [-0.2, 0) is 11.3 Å². The van der Waals surface area contributed by atoms with Crippen LogP contribution in [0.1, 0.15) is 37.9 Å². The SMILES string of the molecule is C#Cc1cccc(-c2cc(-c3cn(Cc4cccc(N5CCC[C@H]5C(=O)O)n4)nn3)nc(NCC(C)(C)O)n2)c1. The Kier molecular flexibility index (Phi) is 7.44. The van der Waals surface area contributed by atoms with E-state index in [0.29, 0.717) is 48.4 Å². The van der Waals surface area contributed by atoms with Crippen molar-refractivity contribution in [1.82, 2.24) is 29.9 Å². The number of anilines is 2. The van der Waals surface area contributed by atoms with Crippen LogP contribution in [0.3, 0.4) is 0 Å². The van der Waals surface area contributed by atoms with Gasteiger partial charge in [0.15, 0.2) is 0 Å². The van der Waals surface area contributed by atoms with Crippen LogP contribution in [0.2, 0.25) is 0 Å². The molecule has 40 heavy (non-hydrogen) atoms. The van der Waals surface area contributed by atoms with Crippen molar-refractivity contribution < 1.29 is 15.0 Å². The van der Waals surface area contributed by atoms with Crippen molar-refractivity contribution >= 4 is 17.7 Å². The first-order chi connectivity index (χ1) is 19.2. The molecule has 11 nitrogen and oxygen atoms in total. The summed E-state index contributed by atoms with van der Waals surface area (Å²) < 4.78 is 1.66. The number of pyridine rings is 1. The second-order valence-electron chi connectivity index (χ2n) is 10.3. The lowest BCUT2D eigenvalue weighted by atomic mass is 10.1. The summed E-state index contributed by atoms with van der Waals surface area (Å²) in [6.07, 6.45) is 8.79. The molecule has 1 aromatic carbocycles. The third-order valence-corrected chi connectivity index (χ3v) is 6.48. The highest BCUT2D eigenvalue weighted by atomic mass is 16.4. The van der Waals surface area contributed by atoms with Gasteiger partial charge in [-0.2, -0.15) is 0 Å². The normalized spacial score (nSPS) is 15.2. The second-order valence-corrected chi connectivity index (χ2v) is 10.3. The molecule has 3 aromatic heterocycles. The zero-order valence-corrected chi connectivity index (χ0v) is 22.3. The van der Waals surface area contributed by atoms with Gasteiger partial charge in [-0.25, -0.2) is 24.4 Å². The standard InChI is InChI=1S/C29H30N8O3/c1-4-19-8-5-9-20(14-19)22-15-23(33-28(32-22)30-18-29(2,3)40)24-17-36(35-34-24)16-21-10-6-12-26(31-21)37-13-7-11-25(37)27(38)39/h1,5-6,8-10,12,14-15,17,25,40H,7,11,13,16,18H2,2-3H3,(H,38,39)(H,30,32,33)/t25-/m0/s1. The number of carboxylic acids is 1. The van der Waals surface area contributed by atoms with E-state index in [9.17, 15) is 15.0 Å². The van der Waals surface area contributed by atoms with Crippen LogP contribution in [0.4, 0.5) is 11.8 Å². The topological polar surface area (TPSA) is 142 Å². The smallest absolute Gasteiger partial charge is 0.326 e. The van der Waals surface area contributed by atoms with Crippen LogP contribution in [0.15, 0.2) is 54.7 Å². The minimum Gasteiger partial charge on any atom is -0.480 e. The van der Waals surface area contributed by atoms with Gasteiger partial charge in [-0.05, 0) is 57.0 Å². The Labute approximate surface area is 231 Å². The summed E-state index contributed by atoms with van der Waals surface area (Å²) in [7, 11) is 0. The first-order valence-electron chi connectivity index (χ1n) is 13.0. The fourth-order valence-electron chi connectivity index (χ4n) is 4.54. The van der Waals surface area contributed by atoms with Gasteiger partial charge in [-0.15, -0.1) is 11.5 Å². The van der Waals surface area contributed by atoms with E-state index in [-0.39, 0.29) is 6.54 Å². The second kappa shape index (κ2) is 11.1. The Morgan fingerprint density at radius 1 is 1.12 bits per heavy atom. The number of hydrogen-bond donors (Lipinski definition) is 3. The molecule has 4 aromatic rings. The number of terminal acetylenes is 1. The van der Waals surface area contributed by atoms with Gasteiger partial charge in [0.1, 0.15) is 17.6 Å². The summed E-state index contributed by atoms with van der Waals surface area (Å²) in [6.45, 7) is 4.64. The third-order valence-electron chi connectivity index (χ3n) is 6.48. The number of aromatic nitrogens is 6. The molecular formula is C29H30N8O3. The molecule has 0 unspecified atom stereocenters. The largest absolute Gasteiger partial charge is 0.480 e. The van der Waals surface area contributed by atoms with E-state index >= 15 is 0 Å². The number of nitrogens with one attached hydrogen (secondary N) is 1. The molecule has 1 saturated heterocycles. The van der Waals surface area contributed by atoms with Crippen LogP contribution in [0.5, 0.6) is 0 Å². The molecule has 0 aliphatic carbocycles. The summed E-state index contributed by atoms with van der Waals surface area (Å²) >= 11 is 0. The van der Waals surface area contributed by atoms with Gasteiger partial charge in [-0.1, -0.05) is 29.3 Å². The predicted octanol–water partition coefficient (Wildman–Crippen LogP) is 3.06. The zero-order valence-electron chi connectivity index (χ0n) is 22.3. The minimum absolute atomic E-state index is 0.245. The first kappa shape index (κ1) is 26.8. The average molecular weight is 539 g/mol. The maximum absolute atomic E-state index is 11.6. The summed E-state index contributed by atoms with van der Waals surface area (Å²) in [6, 6.07) is 14.3. The van der Waals surface area contributed by atoms with Gasteiger partial charge in [0.2, 0.25) is 5.95 Å². The lowest BCUT2D eigenvalue weighted by molar-refractivity contribution is -0.138. The van der Waals surface area contributed by atoms with Crippen molar-refractivity contribution in [2.75, 3.05) is 23.3 Å². The van der Waals surface area contributed by atoms with E-state index in [1.807, 2.05) is 53.4 Å². The van der Waals surface area contributed by atoms with E-state index in [2.05, 4.69) is 31.5 Å². The molecule has 1 fully saturated rings. The Hall–Kier alpha value is -4.82. The molecule has 1 aliphatic rings. The lowest BCUT2D eigenvalue weighted by Crippen LogP contribution is -2.36. The summed E-state index contributed by atoms with van der Waals surface area (Å²) in [4.78, 5) is 27.4. The molecule has 0 saturated carbocycles. The number of carboxylic acid groups (broad SMARTS) is 1. The molecule has 3 N–H and O–H groups in total. The fraction of sp³-hybridized carbons (Fsp3) is 0.310. The Balaban J connectivity index is 1.42. The molecule has 1 aliphatic heterocycles. The first-order valence-corrected chi connectivity index (χ1v) is 13.0. The van der Waals surface area contributed by atoms with Crippen LogP contribution in [-0.4, -0.2) is 70.9 Å². The molecule has 11 heteroatoms. The van der Waals surface area contributed by atoms with Gasteiger partial charge in [0.25, 0.3) is 0 Å². The minimum atomic E-state index is -0.965. The highest BCUT2D eigenvalue weighted by molar-refractivity contribution is 5.78. The Morgan fingerprint density at radius 2 is 1.93 bits per heavy atom. The summed E-state index contributed by atoms with van der Waals surface area (Å²) in [5.74, 6) is 2.78. The van der Waals surface area contributed by atoms with Crippen molar-refractivity contribution in [2.45, 2.75) is 44.9 Å². The lowest BCUT2D eigenvalue weighted by Gasteiger charge is -2.22. The molecule has 204 valence electrons. The molecule has 0 amide bonds. The number of benzene rings is 1. The van der Waals surface area contributed by atoms with E-state index in [0.717, 1.165) is 23.2 Å². The van der Waals surface area contributed by atoms with Crippen molar-refractivity contribution in [3.8, 4) is 35.0 Å². The predicted molar refractivity (Wildman–Crippen MR) is 151 cm³/mol. The maximum atomic E-state index is 11.6. The number of aliphatic hydroxyl groups is 1. The van der Waals surface area contributed by atoms with Gasteiger partial charge in [0.05, 0.1) is 35.4 Å². The van der Waals surface area contributed by atoms with Crippen LogP contribution < -0.4 is 10.2 Å². The Morgan fingerprint density at radius 3 is 2.70 bits per heavy atom. The molecule has 0 radical (unpaired) electrons. The molecule has 4 heterocycles. The van der Waals surface area contributed by atoms with Gasteiger partial charge in [-0.3, -0.25) is 0 Å². The zero-order chi connectivity index (χ0) is 28.3. The molecule has 1 atom stereocenters. The molecule has 5 rings (SSSR count). The number of hydrogen-bond acceptors (Lipinski definition) is 9. The van der Waals surface area contributed by atoms with E-state index in [1.165, 1.54) is 0 Å². The number of rotatable bonds is 9. The average Bonchev–Trinajstić information content (AvgIpc) is 3.62. The highest BCUT2D eigenvalue weighted by Gasteiger charge is 2.31. The third kappa shape index (κ3) is 6.24. The molecular weight excluding hydrogens is 508 g/mol. The van der Waals surface area contributed by atoms with E-state index in [4.69, 9.17) is 11.4 Å². The molecule has 0 bridgehead atoms.